The number of imidazole rings is 1. The predicted molar refractivity (Wildman–Crippen MR) is 106 cm³/mol. The second kappa shape index (κ2) is 7.80. The van der Waals surface area contributed by atoms with Gasteiger partial charge in [0, 0.05) is 18.3 Å². The molecule has 4 rings (SSSR count). The van der Waals surface area contributed by atoms with Gasteiger partial charge in [0.05, 0.1) is 29.0 Å². The number of hydrogen-bond donors (Lipinski definition) is 3. The lowest BCUT2D eigenvalue weighted by molar-refractivity contribution is -0.115. The third kappa shape index (κ3) is 4.02. The molecule has 3 N–H and O–H groups in total. The van der Waals surface area contributed by atoms with Gasteiger partial charge in [-0.15, -0.1) is 0 Å². The first kappa shape index (κ1) is 16.9. The van der Waals surface area contributed by atoms with Crippen molar-refractivity contribution in [2.24, 2.45) is 0 Å². The number of anilines is 1. The Morgan fingerprint density at radius 1 is 0.963 bits per heavy atom. The molecule has 4 aromatic rings. The standard InChI is InChI=1S/C21H19N5O/c27-20(14-22-13-15-7-5-6-12-23-15)24-17-9-2-1-8-16(17)21-25-18-10-3-4-11-19(18)26-21/h1-12,22H,13-14H2,(H,24,27)(H,25,26). The number of amides is 1. The maximum Gasteiger partial charge on any atom is 0.238 e. The van der Waals surface area contributed by atoms with E-state index in [-0.39, 0.29) is 12.5 Å². The molecule has 0 saturated carbocycles. The number of nitrogens with one attached hydrogen (secondary N) is 3. The van der Waals surface area contributed by atoms with Gasteiger partial charge in [0.25, 0.3) is 0 Å². The van der Waals surface area contributed by atoms with Gasteiger partial charge in [0.2, 0.25) is 5.91 Å². The monoisotopic (exact) mass is 357 g/mol. The minimum Gasteiger partial charge on any atom is -0.338 e. The van der Waals surface area contributed by atoms with Crippen molar-refractivity contribution >= 4 is 22.6 Å². The molecule has 0 saturated heterocycles. The molecule has 0 bridgehead atoms. The lowest BCUT2D eigenvalue weighted by Gasteiger charge is -2.10. The molecule has 0 aliphatic heterocycles. The summed E-state index contributed by atoms with van der Waals surface area (Å²) in [6.07, 6.45) is 1.74. The fourth-order valence-corrected chi connectivity index (χ4v) is 2.88. The van der Waals surface area contributed by atoms with Gasteiger partial charge < -0.3 is 15.6 Å². The first-order valence-corrected chi connectivity index (χ1v) is 8.74. The zero-order valence-electron chi connectivity index (χ0n) is 14.6. The van der Waals surface area contributed by atoms with Crippen LogP contribution in [-0.2, 0) is 11.3 Å². The summed E-state index contributed by atoms with van der Waals surface area (Å²) in [5.74, 6) is 0.614. The zero-order valence-corrected chi connectivity index (χ0v) is 14.6. The van der Waals surface area contributed by atoms with E-state index in [1.165, 1.54) is 0 Å². The Kier molecular flexibility index (Phi) is 4.89. The Balaban J connectivity index is 1.45. The maximum atomic E-state index is 12.3. The van der Waals surface area contributed by atoms with E-state index in [0.717, 1.165) is 33.8 Å². The van der Waals surface area contributed by atoms with Gasteiger partial charge in [0.15, 0.2) is 0 Å². The quantitative estimate of drug-likeness (QED) is 0.494. The summed E-state index contributed by atoms with van der Waals surface area (Å²) in [4.78, 5) is 24.5. The minimum absolute atomic E-state index is 0.116. The normalized spacial score (nSPS) is 10.8. The van der Waals surface area contributed by atoms with Gasteiger partial charge in [-0.3, -0.25) is 9.78 Å². The second-order valence-electron chi connectivity index (χ2n) is 6.12. The topological polar surface area (TPSA) is 82.7 Å². The van der Waals surface area contributed by atoms with Gasteiger partial charge in [-0.05, 0) is 36.4 Å². The number of fused-ring (bicyclic) bond motifs is 1. The number of aromatic amines is 1. The summed E-state index contributed by atoms with van der Waals surface area (Å²) in [5, 5.41) is 6.06. The summed E-state index contributed by atoms with van der Waals surface area (Å²) in [6, 6.07) is 21.2. The molecule has 2 aromatic heterocycles. The first-order valence-electron chi connectivity index (χ1n) is 8.74. The molecule has 2 heterocycles. The fourth-order valence-electron chi connectivity index (χ4n) is 2.88. The fraction of sp³-hybridized carbons (Fsp3) is 0.0952. The van der Waals surface area contributed by atoms with Gasteiger partial charge in [-0.25, -0.2) is 4.98 Å². The second-order valence-corrected chi connectivity index (χ2v) is 6.12. The highest BCUT2D eigenvalue weighted by molar-refractivity contribution is 5.96. The SMILES string of the molecule is O=C(CNCc1ccccn1)Nc1ccccc1-c1nc2ccccc2[nH]1. The van der Waals surface area contributed by atoms with Crippen LogP contribution in [0, 0.1) is 0 Å². The minimum atomic E-state index is -0.116. The van der Waals surface area contributed by atoms with Crippen LogP contribution in [-0.4, -0.2) is 27.4 Å². The smallest absolute Gasteiger partial charge is 0.238 e. The Morgan fingerprint density at radius 2 is 1.78 bits per heavy atom. The first-order chi connectivity index (χ1) is 13.3. The van der Waals surface area contributed by atoms with Gasteiger partial charge in [-0.1, -0.05) is 30.3 Å². The van der Waals surface area contributed by atoms with Crippen molar-refractivity contribution in [3.05, 3.63) is 78.6 Å². The van der Waals surface area contributed by atoms with Crippen LogP contribution in [0.1, 0.15) is 5.69 Å². The van der Waals surface area contributed by atoms with Crippen LogP contribution >= 0.6 is 0 Å². The molecule has 6 heteroatoms. The van der Waals surface area contributed by atoms with Crippen molar-refractivity contribution in [3.8, 4) is 11.4 Å². The molecule has 0 fully saturated rings. The highest BCUT2D eigenvalue weighted by Crippen LogP contribution is 2.27. The van der Waals surface area contributed by atoms with Crippen molar-refractivity contribution < 1.29 is 4.79 Å². The summed E-state index contributed by atoms with van der Waals surface area (Å²) >= 11 is 0. The summed E-state index contributed by atoms with van der Waals surface area (Å²) in [7, 11) is 0. The number of carbonyl (C=O) groups excluding carboxylic acids is 1. The Morgan fingerprint density at radius 3 is 2.63 bits per heavy atom. The van der Waals surface area contributed by atoms with Crippen LogP contribution in [0.4, 0.5) is 5.69 Å². The third-order valence-corrected chi connectivity index (χ3v) is 4.16. The largest absolute Gasteiger partial charge is 0.338 e. The lowest BCUT2D eigenvalue weighted by Crippen LogP contribution is -2.28. The van der Waals surface area contributed by atoms with E-state index >= 15 is 0 Å². The number of pyridine rings is 1. The average Bonchev–Trinajstić information content (AvgIpc) is 3.13. The van der Waals surface area contributed by atoms with Crippen molar-refractivity contribution in [3.63, 3.8) is 0 Å². The number of nitrogens with zero attached hydrogens (tertiary/aromatic N) is 2. The molecular weight excluding hydrogens is 338 g/mol. The molecule has 1 amide bonds. The Labute approximate surface area is 156 Å². The summed E-state index contributed by atoms with van der Waals surface area (Å²) < 4.78 is 0. The molecule has 0 spiro atoms. The van der Waals surface area contributed by atoms with E-state index in [4.69, 9.17) is 0 Å². The maximum absolute atomic E-state index is 12.3. The van der Waals surface area contributed by atoms with Crippen LogP contribution in [0.25, 0.3) is 22.4 Å². The van der Waals surface area contributed by atoms with E-state index in [1.807, 2.05) is 66.7 Å². The number of hydrogen-bond acceptors (Lipinski definition) is 4. The Hall–Kier alpha value is -3.51. The number of carbonyl (C=O) groups is 1. The van der Waals surface area contributed by atoms with Crippen LogP contribution in [0.2, 0.25) is 0 Å². The van der Waals surface area contributed by atoms with Crippen LogP contribution in [0.3, 0.4) is 0 Å². The number of para-hydroxylation sites is 3. The number of H-pyrrole nitrogens is 1. The highest BCUT2D eigenvalue weighted by Gasteiger charge is 2.11. The molecular formula is C21H19N5O. The molecule has 0 aliphatic rings. The lowest BCUT2D eigenvalue weighted by atomic mass is 10.1. The van der Waals surface area contributed by atoms with E-state index in [9.17, 15) is 4.79 Å². The summed E-state index contributed by atoms with van der Waals surface area (Å²) in [5.41, 5.74) is 4.33. The number of benzene rings is 2. The molecule has 27 heavy (non-hydrogen) atoms. The van der Waals surface area contributed by atoms with Crippen LogP contribution in [0.5, 0.6) is 0 Å². The van der Waals surface area contributed by atoms with E-state index in [2.05, 4.69) is 25.6 Å². The van der Waals surface area contributed by atoms with Crippen molar-refractivity contribution in [1.29, 1.82) is 0 Å². The Bertz CT molecular complexity index is 1030. The van der Waals surface area contributed by atoms with Crippen molar-refractivity contribution in [2.75, 3.05) is 11.9 Å². The van der Waals surface area contributed by atoms with Crippen LogP contribution < -0.4 is 10.6 Å². The number of rotatable bonds is 6. The van der Waals surface area contributed by atoms with Gasteiger partial charge in [-0.2, -0.15) is 0 Å². The van der Waals surface area contributed by atoms with E-state index < -0.39 is 0 Å². The molecule has 0 radical (unpaired) electrons. The third-order valence-electron chi connectivity index (χ3n) is 4.16. The molecule has 0 aliphatic carbocycles. The summed E-state index contributed by atoms with van der Waals surface area (Å²) in [6.45, 7) is 0.741. The molecule has 0 atom stereocenters. The van der Waals surface area contributed by atoms with Crippen LogP contribution in [0.15, 0.2) is 72.9 Å². The van der Waals surface area contributed by atoms with Gasteiger partial charge in [0.1, 0.15) is 5.82 Å². The highest BCUT2D eigenvalue weighted by atomic mass is 16.1. The molecule has 6 nitrogen and oxygen atoms in total. The van der Waals surface area contributed by atoms with Crippen molar-refractivity contribution in [2.45, 2.75) is 6.54 Å². The van der Waals surface area contributed by atoms with Crippen molar-refractivity contribution in [1.82, 2.24) is 20.3 Å². The molecule has 2 aromatic carbocycles. The van der Waals surface area contributed by atoms with Gasteiger partial charge >= 0.3 is 0 Å². The van der Waals surface area contributed by atoms with E-state index in [0.29, 0.717) is 6.54 Å². The molecule has 134 valence electrons. The number of aromatic nitrogens is 3. The zero-order chi connectivity index (χ0) is 18.5. The van der Waals surface area contributed by atoms with E-state index in [1.54, 1.807) is 6.20 Å². The predicted octanol–water partition coefficient (Wildman–Crippen LogP) is 3.35. The average molecular weight is 357 g/mol. The molecule has 0 unspecified atom stereocenters.